The molecule has 1 heterocycles. The van der Waals surface area contributed by atoms with Gasteiger partial charge in [-0.05, 0) is 19.3 Å². The van der Waals surface area contributed by atoms with E-state index in [9.17, 15) is 20.1 Å². The number of allylic oxidation sites excluding steroid dienone is 3. The van der Waals surface area contributed by atoms with Gasteiger partial charge in [0, 0.05) is 23.8 Å². The summed E-state index contributed by atoms with van der Waals surface area (Å²) in [6.07, 6.45) is 9.68. The molecule has 0 spiro atoms. The van der Waals surface area contributed by atoms with Crippen LogP contribution in [-0.4, -0.2) is 58.4 Å². The fraction of sp³-hybridized carbons (Fsp3) is 0.545. The molecule has 0 bridgehead atoms. The first kappa shape index (κ1) is 26.0. The molecular formula is C22H34N2O5S. The Balaban J connectivity index is 2.66. The highest BCUT2D eigenvalue weighted by Gasteiger charge is 2.32. The van der Waals surface area contributed by atoms with E-state index >= 15 is 0 Å². The smallest absolute Gasteiger partial charge is 0.406 e. The molecule has 7 nitrogen and oxygen atoms in total. The van der Waals surface area contributed by atoms with Crippen molar-refractivity contribution in [2.45, 2.75) is 56.7 Å². The van der Waals surface area contributed by atoms with Crippen molar-refractivity contribution in [2.24, 2.45) is 0 Å². The number of aliphatic hydroxyl groups excluding tert-OH is 2. The molecule has 1 aromatic heterocycles. The summed E-state index contributed by atoms with van der Waals surface area (Å²) in [6, 6.07) is 0. The Morgan fingerprint density at radius 2 is 2.13 bits per heavy atom. The average molecular weight is 439 g/mol. The number of methoxy groups -OCH3 is 1. The number of carbonyl (C=O) groups is 1. The number of alkyl carbamates (subject to hydrolysis) is 1. The summed E-state index contributed by atoms with van der Waals surface area (Å²) in [5.74, 6) is 0. The third-order valence-electron chi connectivity index (χ3n) is 4.81. The maximum atomic E-state index is 11.1. The van der Waals surface area contributed by atoms with Crippen molar-refractivity contribution in [3.63, 3.8) is 0 Å². The second-order valence-electron chi connectivity index (χ2n) is 7.65. The summed E-state index contributed by atoms with van der Waals surface area (Å²) < 4.78 is 4.47. The molecule has 0 aliphatic rings. The summed E-state index contributed by atoms with van der Waals surface area (Å²) >= 11 is 1.52. The van der Waals surface area contributed by atoms with E-state index in [0.29, 0.717) is 0 Å². The number of carbonyl (C=O) groups excluding carboxylic acids is 1. The normalized spacial score (nSPS) is 15.3. The number of rotatable bonds is 13. The van der Waals surface area contributed by atoms with Crippen LogP contribution in [0.25, 0.3) is 0 Å². The van der Waals surface area contributed by atoms with Crippen LogP contribution in [0.4, 0.5) is 4.79 Å². The molecule has 4 N–H and O–H groups in total. The van der Waals surface area contributed by atoms with Gasteiger partial charge in [-0.2, -0.15) is 0 Å². The second kappa shape index (κ2) is 12.6. The van der Waals surface area contributed by atoms with E-state index in [0.717, 1.165) is 23.5 Å². The lowest BCUT2D eigenvalue weighted by Gasteiger charge is -2.28. The first-order valence-corrected chi connectivity index (χ1v) is 10.8. The Labute approximate surface area is 182 Å². The topological polar surface area (TPSA) is 112 Å². The van der Waals surface area contributed by atoms with Crippen LogP contribution in [0.1, 0.15) is 43.8 Å². The van der Waals surface area contributed by atoms with Gasteiger partial charge in [0.2, 0.25) is 0 Å². The molecule has 1 aromatic rings. The van der Waals surface area contributed by atoms with Gasteiger partial charge < -0.3 is 25.4 Å². The van der Waals surface area contributed by atoms with E-state index in [1.54, 1.807) is 6.08 Å². The van der Waals surface area contributed by atoms with Crippen LogP contribution in [0, 0.1) is 0 Å². The Morgan fingerprint density at radius 1 is 1.40 bits per heavy atom. The molecular weight excluding hydrogens is 404 g/mol. The van der Waals surface area contributed by atoms with Gasteiger partial charge >= 0.3 is 6.09 Å². The zero-order valence-corrected chi connectivity index (χ0v) is 18.8. The largest absolute Gasteiger partial charge is 0.453 e. The van der Waals surface area contributed by atoms with Gasteiger partial charge in [-0.15, -0.1) is 17.9 Å². The lowest BCUT2D eigenvalue weighted by molar-refractivity contribution is 0.0201. The molecule has 8 heteroatoms. The highest BCUT2D eigenvalue weighted by atomic mass is 32.1. The highest BCUT2D eigenvalue weighted by molar-refractivity contribution is 7.09. The van der Waals surface area contributed by atoms with Gasteiger partial charge in [-0.1, -0.05) is 44.2 Å². The van der Waals surface area contributed by atoms with Crippen LogP contribution < -0.4 is 5.32 Å². The molecule has 0 saturated heterocycles. The van der Waals surface area contributed by atoms with Crippen molar-refractivity contribution in [1.82, 2.24) is 10.3 Å². The Hall–Kier alpha value is -2.00. The third-order valence-corrected chi connectivity index (χ3v) is 6.04. The minimum atomic E-state index is -1.49. The van der Waals surface area contributed by atoms with Gasteiger partial charge in [0.1, 0.15) is 10.6 Å². The number of hydrogen-bond acceptors (Lipinski definition) is 7. The Kier molecular flexibility index (Phi) is 11.0. The first-order chi connectivity index (χ1) is 14.2. The molecule has 1 amide bonds. The van der Waals surface area contributed by atoms with Crippen molar-refractivity contribution < 1.29 is 24.9 Å². The van der Waals surface area contributed by atoms with E-state index in [4.69, 9.17) is 0 Å². The molecule has 30 heavy (non-hydrogen) atoms. The van der Waals surface area contributed by atoms with Crippen LogP contribution in [0.5, 0.6) is 0 Å². The molecule has 0 aromatic carbocycles. The molecule has 1 rings (SSSR count). The van der Waals surface area contributed by atoms with E-state index in [1.165, 1.54) is 24.5 Å². The van der Waals surface area contributed by atoms with Crippen LogP contribution in [0.15, 0.2) is 42.3 Å². The SMILES string of the molecule is C=CCC=CCc1csc(C(C)(C)[C@H](O)CC=C[C@@](O)(CO)CCNC(=O)OC)n1. The first-order valence-electron chi connectivity index (χ1n) is 9.90. The van der Waals surface area contributed by atoms with Gasteiger partial charge in [0.05, 0.1) is 25.5 Å². The highest BCUT2D eigenvalue weighted by Crippen LogP contribution is 2.32. The minimum Gasteiger partial charge on any atom is -0.453 e. The van der Waals surface area contributed by atoms with Crippen LogP contribution in [0.3, 0.4) is 0 Å². The third kappa shape index (κ3) is 8.39. The lowest BCUT2D eigenvalue weighted by Crippen LogP contribution is -2.37. The maximum absolute atomic E-state index is 11.1. The molecule has 168 valence electrons. The summed E-state index contributed by atoms with van der Waals surface area (Å²) in [4.78, 5) is 15.7. The maximum Gasteiger partial charge on any atom is 0.406 e. The summed E-state index contributed by atoms with van der Waals surface area (Å²) in [6.45, 7) is 7.19. The fourth-order valence-electron chi connectivity index (χ4n) is 2.61. The summed E-state index contributed by atoms with van der Waals surface area (Å²) in [5, 5.41) is 35.9. The molecule has 0 fully saturated rings. The van der Waals surface area contributed by atoms with Crippen molar-refractivity contribution >= 4 is 17.4 Å². The molecule has 2 atom stereocenters. The minimum absolute atomic E-state index is 0.115. The van der Waals surface area contributed by atoms with Crippen LogP contribution in [-0.2, 0) is 16.6 Å². The lowest BCUT2D eigenvalue weighted by atomic mass is 9.85. The predicted octanol–water partition coefficient (Wildman–Crippen LogP) is 2.87. The number of aromatic nitrogens is 1. The van der Waals surface area contributed by atoms with Gasteiger partial charge in [-0.25, -0.2) is 9.78 Å². The monoisotopic (exact) mass is 438 g/mol. The van der Waals surface area contributed by atoms with Crippen LogP contribution in [0.2, 0.25) is 0 Å². The Morgan fingerprint density at radius 3 is 2.77 bits per heavy atom. The van der Waals surface area contributed by atoms with E-state index in [1.807, 2.05) is 31.4 Å². The molecule has 0 aliphatic carbocycles. The van der Waals surface area contributed by atoms with Crippen molar-refractivity contribution in [3.8, 4) is 0 Å². The van der Waals surface area contributed by atoms with Gasteiger partial charge in [0.15, 0.2) is 0 Å². The second-order valence-corrected chi connectivity index (χ2v) is 8.51. The number of aliphatic hydroxyl groups is 3. The zero-order valence-electron chi connectivity index (χ0n) is 18.0. The molecule has 0 saturated carbocycles. The fourth-order valence-corrected chi connectivity index (χ4v) is 3.62. The number of amides is 1. The van der Waals surface area contributed by atoms with Crippen molar-refractivity contribution in [1.29, 1.82) is 0 Å². The summed E-state index contributed by atoms with van der Waals surface area (Å²) in [7, 11) is 1.25. The molecule has 0 radical (unpaired) electrons. The van der Waals surface area contributed by atoms with Gasteiger partial charge in [0.25, 0.3) is 0 Å². The Bertz CT molecular complexity index is 729. The van der Waals surface area contributed by atoms with Crippen LogP contribution >= 0.6 is 11.3 Å². The average Bonchev–Trinajstić information content (AvgIpc) is 3.20. The number of ether oxygens (including phenoxy) is 1. The van der Waals surface area contributed by atoms with Crippen molar-refractivity contribution in [3.05, 3.63) is 53.0 Å². The summed E-state index contributed by atoms with van der Waals surface area (Å²) in [5.41, 5.74) is -1.10. The zero-order chi connectivity index (χ0) is 22.6. The number of nitrogens with one attached hydrogen (secondary N) is 1. The standard InChI is InChI=1S/C22H34N2O5S/c1-5-6-7-8-10-17-15-30-19(24-17)21(2,3)18(26)11-9-12-22(28,16-25)13-14-23-20(27)29-4/h5,7-9,12,15,18,25-26,28H,1,6,10-11,13-14,16H2,2-4H3,(H,23,27)/t18-,22+/m1/s1. The quantitative estimate of drug-likeness (QED) is 0.352. The van der Waals surface area contributed by atoms with Crippen molar-refractivity contribution in [2.75, 3.05) is 20.3 Å². The molecule has 0 aliphatic heterocycles. The van der Waals surface area contributed by atoms with E-state index in [-0.39, 0.29) is 19.4 Å². The van der Waals surface area contributed by atoms with E-state index in [2.05, 4.69) is 27.7 Å². The number of nitrogens with zero attached hydrogens (tertiary/aromatic N) is 1. The number of thiazole rings is 1. The van der Waals surface area contributed by atoms with Gasteiger partial charge in [-0.3, -0.25) is 0 Å². The predicted molar refractivity (Wildman–Crippen MR) is 120 cm³/mol. The molecule has 0 unspecified atom stereocenters. The van der Waals surface area contributed by atoms with E-state index < -0.39 is 29.8 Å². The number of hydrogen-bond donors (Lipinski definition) is 4.